The van der Waals surface area contributed by atoms with E-state index in [2.05, 4.69) is 133 Å². The Hall–Kier alpha value is -1.55. The van der Waals surface area contributed by atoms with E-state index in [-0.39, 0.29) is 4.91 Å². The molecule has 1 unspecified atom stereocenters. The average molecular weight is 495 g/mol. The lowest BCUT2D eigenvalue weighted by molar-refractivity contribution is 0.772. The van der Waals surface area contributed by atoms with E-state index in [0.717, 1.165) is 16.7 Å². The summed E-state index contributed by atoms with van der Waals surface area (Å²) in [6.45, 7) is 20.5. The van der Waals surface area contributed by atoms with Gasteiger partial charge in [0.2, 0.25) is 0 Å². The van der Waals surface area contributed by atoms with Crippen molar-refractivity contribution >= 4 is 24.4 Å². The molecule has 0 N–H and O–H groups in total. The maximum absolute atomic E-state index is 17.9. The number of aryl methyl sites for hydroxylation is 3. The zero-order chi connectivity index (χ0) is 24.6. The highest BCUT2D eigenvalue weighted by atomic mass is 31.2. The molecule has 1 atom stereocenters. The van der Waals surface area contributed by atoms with Gasteiger partial charge in [0.1, 0.15) is 0 Å². The molecule has 0 saturated heterocycles. The van der Waals surface area contributed by atoms with Crippen molar-refractivity contribution in [3.05, 3.63) is 106 Å². The molecule has 0 aromatic heterocycles. The van der Waals surface area contributed by atoms with Crippen molar-refractivity contribution in [1.29, 1.82) is 0 Å². The molecule has 0 aliphatic rings. The summed E-state index contributed by atoms with van der Waals surface area (Å²) in [6.07, 6.45) is 0. The van der Waals surface area contributed by atoms with Crippen LogP contribution in [0, 0.1) is 20.8 Å². The van der Waals surface area contributed by atoms with E-state index in [1.54, 1.807) is 0 Å². The van der Waals surface area contributed by atoms with Crippen LogP contribution < -0.4 is 0 Å². The van der Waals surface area contributed by atoms with E-state index >= 15 is 4.20 Å². The van der Waals surface area contributed by atoms with Crippen LogP contribution in [0.3, 0.4) is 0 Å². The Morgan fingerprint density at radius 2 is 0.788 bits per heavy atom. The van der Waals surface area contributed by atoms with E-state index in [9.17, 15) is 0 Å². The third-order valence-electron chi connectivity index (χ3n) is 6.60. The van der Waals surface area contributed by atoms with E-state index in [1.807, 2.05) is 0 Å². The highest BCUT2D eigenvalue weighted by Gasteiger charge is 2.55. The van der Waals surface area contributed by atoms with Gasteiger partial charge in [0, 0.05) is 0 Å². The monoisotopic (exact) mass is 494 g/mol. The molecule has 0 heterocycles. The van der Waals surface area contributed by atoms with Crippen molar-refractivity contribution in [2.45, 2.75) is 70.1 Å². The van der Waals surface area contributed by atoms with Crippen LogP contribution in [0.15, 0.2) is 72.8 Å². The van der Waals surface area contributed by atoms with E-state index in [0.29, 0.717) is 0 Å². The first-order valence-corrected chi connectivity index (χ1v) is 20.4. The Morgan fingerprint density at radius 1 is 0.545 bits per heavy atom. The van der Waals surface area contributed by atoms with Gasteiger partial charge < -0.3 is 0 Å². The summed E-state index contributed by atoms with van der Waals surface area (Å²) < 4.78 is 17.9. The molecule has 0 spiro atoms. The Morgan fingerprint density at radius 3 is 1.00 bits per heavy atom. The summed E-state index contributed by atoms with van der Waals surface area (Å²) in [5.41, 5.74) is 6.85. The minimum atomic E-state index is -1.90. The van der Waals surface area contributed by atoms with Crippen molar-refractivity contribution in [2.75, 3.05) is 0 Å². The summed E-state index contributed by atoms with van der Waals surface area (Å²) in [6, 6.07) is 25.9. The van der Waals surface area contributed by atoms with Gasteiger partial charge in [0.15, 0.2) is 0 Å². The standard InChI is InChI=1S/C29H40FPSi2/c1-22-10-16-25(17-11-22)29(26-18-12-23(2)13-19-26,27-20-14-24(3)15-21-27)31(30)28(32(4,5)6)33(7,8)9/h10-21,28H,1-9H3. The molecular formula is C29H40FPSi2. The van der Waals surface area contributed by atoms with Crippen LogP contribution in [0.4, 0.5) is 4.20 Å². The second-order valence-corrected chi connectivity index (χ2v) is 25.7. The molecule has 3 aromatic rings. The van der Waals surface area contributed by atoms with Gasteiger partial charge in [-0.2, -0.15) is 0 Å². The van der Waals surface area contributed by atoms with Crippen LogP contribution in [0.5, 0.6) is 0 Å². The van der Waals surface area contributed by atoms with Crippen LogP contribution >= 0.6 is 8.23 Å². The summed E-state index contributed by atoms with van der Waals surface area (Å²) in [5.74, 6) is 0. The molecule has 0 bridgehead atoms. The Kier molecular flexibility index (Phi) is 7.58. The second-order valence-electron chi connectivity index (χ2n) is 11.8. The van der Waals surface area contributed by atoms with Crippen molar-refractivity contribution in [3.63, 3.8) is 0 Å². The topological polar surface area (TPSA) is 0 Å². The van der Waals surface area contributed by atoms with E-state index in [1.165, 1.54) is 16.7 Å². The third-order valence-corrected chi connectivity index (χ3v) is 22.9. The number of hydrogen-bond donors (Lipinski definition) is 0. The molecule has 0 saturated carbocycles. The van der Waals surface area contributed by atoms with Crippen LogP contribution in [0.1, 0.15) is 33.4 Å². The van der Waals surface area contributed by atoms with Gasteiger partial charge in [-0.15, -0.1) is 0 Å². The second kappa shape index (κ2) is 9.60. The molecule has 3 aromatic carbocycles. The van der Waals surface area contributed by atoms with Crippen LogP contribution in [0.2, 0.25) is 39.3 Å². The highest BCUT2D eigenvalue weighted by molar-refractivity contribution is 7.62. The fourth-order valence-corrected chi connectivity index (χ4v) is 24.0. The smallest absolute Gasteiger partial charge is 0.0988 e. The highest BCUT2D eigenvalue weighted by Crippen LogP contribution is 2.69. The van der Waals surface area contributed by atoms with Crippen LogP contribution in [-0.4, -0.2) is 21.1 Å². The average Bonchev–Trinajstić information content (AvgIpc) is 2.70. The zero-order valence-electron chi connectivity index (χ0n) is 21.8. The van der Waals surface area contributed by atoms with E-state index in [4.69, 9.17) is 0 Å². The summed E-state index contributed by atoms with van der Waals surface area (Å²) in [4.78, 5) is 0.156. The van der Waals surface area contributed by atoms with Gasteiger partial charge in [-0.1, -0.05) is 129 Å². The molecule has 0 amide bonds. The van der Waals surface area contributed by atoms with Gasteiger partial charge in [0.25, 0.3) is 0 Å². The van der Waals surface area contributed by atoms with Gasteiger partial charge in [0.05, 0.1) is 29.5 Å². The minimum Gasteiger partial charge on any atom is -0.226 e. The maximum atomic E-state index is 17.9. The largest absolute Gasteiger partial charge is 0.226 e. The molecule has 4 heteroatoms. The van der Waals surface area contributed by atoms with Crippen LogP contribution in [0.25, 0.3) is 0 Å². The molecule has 176 valence electrons. The molecular weight excluding hydrogens is 454 g/mol. The van der Waals surface area contributed by atoms with Crippen LogP contribution in [-0.2, 0) is 5.16 Å². The number of halogens is 1. The third kappa shape index (κ3) is 5.26. The predicted molar refractivity (Wildman–Crippen MR) is 152 cm³/mol. The Balaban J connectivity index is 2.46. The molecule has 0 aliphatic heterocycles. The fourth-order valence-electron chi connectivity index (χ4n) is 5.43. The molecule has 33 heavy (non-hydrogen) atoms. The number of hydrogen-bond acceptors (Lipinski definition) is 0. The maximum Gasteiger partial charge on any atom is 0.0988 e. The molecule has 0 fully saturated rings. The normalized spacial score (nSPS) is 13.9. The van der Waals surface area contributed by atoms with Gasteiger partial charge in [-0.05, 0) is 42.4 Å². The number of benzene rings is 3. The minimum absolute atomic E-state index is 0.156. The van der Waals surface area contributed by atoms with Gasteiger partial charge in [-0.3, -0.25) is 0 Å². The van der Waals surface area contributed by atoms with Gasteiger partial charge in [-0.25, -0.2) is 4.20 Å². The first-order chi connectivity index (χ1) is 15.3. The molecule has 3 rings (SSSR count). The molecule has 0 aliphatic carbocycles. The predicted octanol–water partition coefficient (Wildman–Crippen LogP) is 9.39. The fraction of sp³-hybridized carbons (Fsp3) is 0.379. The quantitative estimate of drug-likeness (QED) is 0.174. The van der Waals surface area contributed by atoms with Gasteiger partial charge >= 0.3 is 0 Å². The molecule has 0 radical (unpaired) electrons. The lowest BCUT2D eigenvalue weighted by Gasteiger charge is -2.48. The summed E-state index contributed by atoms with van der Waals surface area (Å²) >= 11 is 0. The van der Waals surface area contributed by atoms with Crippen molar-refractivity contribution in [2.24, 2.45) is 0 Å². The summed E-state index contributed by atoms with van der Waals surface area (Å²) in [7, 11) is -5.52. The lowest BCUT2D eigenvalue weighted by Crippen LogP contribution is -2.54. The molecule has 0 nitrogen and oxygen atoms in total. The number of rotatable bonds is 7. The lowest BCUT2D eigenvalue weighted by atomic mass is 9.83. The first-order valence-electron chi connectivity index (χ1n) is 11.9. The first kappa shape index (κ1) is 26.1. The van der Waals surface area contributed by atoms with Crippen molar-refractivity contribution in [1.82, 2.24) is 0 Å². The van der Waals surface area contributed by atoms with Crippen molar-refractivity contribution in [3.8, 4) is 0 Å². The SMILES string of the molecule is Cc1ccc(C(c2ccc(C)cc2)(c2ccc(C)cc2)P(F)C([Si](C)(C)C)[Si](C)(C)C)cc1. The van der Waals surface area contributed by atoms with E-state index < -0.39 is 29.5 Å². The van der Waals surface area contributed by atoms with Crippen molar-refractivity contribution < 1.29 is 4.20 Å². The summed E-state index contributed by atoms with van der Waals surface area (Å²) in [5, 5.41) is -0.782. The Bertz CT molecular complexity index is 934. The zero-order valence-corrected chi connectivity index (χ0v) is 24.7. The Labute approximate surface area is 204 Å².